The first-order valence-electron chi connectivity index (χ1n) is 22.7. The average molecular weight is 928 g/mol. The molecular weight excluding hydrogens is 867 g/mol. The molecule has 352 valence electrons. The number of amides is 5. The van der Waals surface area contributed by atoms with Crippen LogP contribution in [0, 0.1) is 23.6 Å². The summed E-state index contributed by atoms with van der Waals surface area (Å²) in [6.45, 7) is 3.70. The number of carbonyl (C=O) groups is 5. The quantitative estimate of drug-likeness (QED) is 0.0527. The molecule has 17 heteroatoms. The van der Waals surface area contributed by atoms with E-state index in [9.17, 15) is 38.6 Å². The van der Waals surface area contributed by atoms with Crippen molar-refractivity contribution >= 4 is 52.7 Å². The molecule has 15 nitrogen and oxygen atoms in total. The SMILES string of the molecule is CC(C)[C@@H](CCNC(=O)CN1C(=O)CN=C(c2ccccc2F)c2cc(Cl)ccc21)C[C@H](O)[C@H](CC1CCCCC1)NC(=O)[C@H](Cc1cnc[nH]1)NC(=O)[C@H](Cc1ccccc1)NC(=O)O. The number of carboxylic acid groups (broad SMARTS) is 1. The molecule has 0 spiro atoms. The number of aromatic amines is 1. The fourth-order valence-corrected chi connectivity index (χ4v) is 9.09. The van der Waals surface area contributed by atoms with Gasteiger partial charge in [0.15, 0.2) is 0 Å². The van der Waals surface area contributed by atoms with Gasteiger partial charge in [-0.15, -0.1) is 0 Å². The van der Waals surface area contributed by atoms with E-state index in [2.05, 4.69) is 36.2 Å². The highest BCUT2D eigenvalue weighted by Gasteiger charge is 2.34. The highest BCUT2D eigenvalue weighted by Crippen LogP contribution is 2.32. The van der Waals surface area contributed by atoms with Gasteiger partial charge < -0.3 is 41.4 Å². The van der Waals surface area contributed by atoms with Crippen molar-refractivity contribution in [1.29, 1.82) is 0 Å². The maximum absolute atomic E-state index is 15.0. The molecule has 1 aliphatic carbocycles. The van der Waals surface area contributed by atoms with Gasteiger partial charge in [-0.2, -0.15) is 0 Å². The molecule has 1 aliphatic heterocycles. The smallest absolute Gasteiger partial charge is 0.405 e. The summed E-state index contributed by atoms with van der Waals surface area (Å²) in [7, 11) is 0. The van der Waals surface area contributed by atoms with Crippen molar-refractivity contribution in [2.24, 2.45) is 22.7 Å². The molecule has 4 aromatic rings. The molecule has 0 unspecified atom stereocenters. The molecular formula is C49H60ClFN8O7. The second-order valence-corrected chi connectivity index (χ2v) is 18.1. The molecule has 7 N–H and O–H groups in total. The highest BCUT2D eigenvalue weighted by atomic mass is 35.5. The Labute approximate surface area is 389 Å². The van der Waals surface area contributed by atoms with Crippen molar-refractivity contribution in [2.75, 3.05) is 24.5 Å². The largest absolute Gasteiger partial charge is 0.465 e. The van der Waals surface area contributed by atoms with Crippen LogP contribution < -0.4 is 26.2 Å². The van der Waals surface area contributed by atoms with Gasteiger partial charge in [-0.05, 0) is 72.9 Å². The van der Waals surface area contributed by atoms with E-state index in [4.69, 9.17) is 11.6 Å². The number of benzodiazepines with no additional fused rings is 1. The fraction of sp³-hybridized carbons (Fsp3) is 0.449. The zero-order valence-electron chi connectivity index (χ0n) is 37.3. The van der Waals surface area contributed by atoms with Gasteiger partial charge >= 0.3 is 6.09 Å². The van der Waals surface area contributed by atoms with Crippen LogP contribution in [0.5, 0.6) is 0 Å². The Balaban J connectivity index is 1.12. The molecule has 0 radical (unpaired) electrons. The predicted octanol–water partition coefficient (Wildman–Crippen LogP) is 5.98. The minimum atomic E-state index is -1.38. The van der Waals surface area contributed by atoms with Crippen LogP contribution in [-0.2, 0) is 32.0 Å². The number of anilines is 1. The van der Waals surface area contributed by atoms with Gasteiger partial charge in [-0.3, -0.25) is 24.2 Å². The standard InChI is InChI=1S/C49H60ClFN8O7/c1-30(2)33(19-20-53-44(61)28-59-42-18-17-34(50)24-37(42)46(54-27-45(59)62)36-15-9-10-16-38(36)51)23-43(60)39(21-31-11-5-3-6-12-31)56-48(64)41(25-35-26-52-29-55-35)57-47(63)40(58-49(65)66)22-32-13-7-4-8-14-32/h4,7-10,13-18,24,26,29-31,33,39-41,43,58,60H,3,5-6,11-12,19-23,25,27-28H2,1-2H3,(H,52,55)(H,53,61)(H,56,64)(H,57,63)(H,65,66)/t33-,39-,40-,41-,43-/m0/s1. The van der Waals surface area contributed by atoms with Crippen molar-refractivity contribution in [2.45, 2.75) is 102 Å². The zero-order chi connectivity index (χ0) is 47.2. The van der Waals surface area contributed by atoms with Crippen LogP contribution in [0.2, 0.25) is 5.02 Å². The molecule has 3 aromatic carbocycles. The summed E-state index contributed by atoms with van der Waals surface area (Å²) in [5, 5.41) is 33.1. The summed E-state index contributed by atoms with van der Waals surface area (Å²) >= 11 is 6.36. The molecule has 1 saturated carbocycles. The molecule has 66 heavy (non-hydrogen) atoms. The highest BCUT2D eigenvalue weighted by molar-refractivity contribution is 6.32. The summed E-state index contributed by atoms with van der Waals surface area (Å²) in [4.78, 5) is 79.6. The second-order valence-electron chi connectivity index (χ2n) is 17.6. The topological polar surface area (TPSA) is 218 Å². The van der Waals surface area contributed by atoms with Gasteiger partial charge in [0, 0.05) is 47.4 Å². The molecule has 5 amide bonds. The van der Waals surface area contributed by atoms with E-state index in [0.717, 1.165) is 37.7 Å². The number of benzene rings is 3. The number of nitrogens with one attached hydrogen (secondary N) is 5. The molecule has 1 fully saturated rings. The van der Waals surface area contributed by atoms with Crippen LogP contribution in [0.25, 0.3) is 0 Å². The first-order valence-corrected chi connectivity index (χ1v) is 23.1. The minimum Gasteiger partial charge on any atom is -0.465 e. The van der Waals surface area contributed by atoms with Crippen molar-refractivity contribution in [3.8, 4) is 0 Å². The zero-order valence-corrected chi connectivity index (χ0v) is 38.1. The Kier molecular flexibility index (Phi) is 17.8. The first kappa shape index (κ1) is 49.3. The number of hydrogen-bond acceptors (Lipinski definition) is 8. The number of hydrogen-bond donors (Lipinski definition) is 7. The monoisotopic (exact) mass is 926 g/mol. The van der Waals surface area contributed by atoms with Crippen molar-refractivity contribution in [3.63, 3.8) is 0 Å². The third-order valence-electron chi connectivity index (χ3n) is 12.5. The average Bonchev–Trinajstić information content (AvgIpc) is 3.77. The van der Waals surface area contributed by atoms with E-state index in [1.54, 1.807) is 66.9 Å². The number of nitrogens with zero attached hydrogens (tertiary/aromatic N) is 3. The summed E-state index contributed by atoms with van der Waals surface area (Å²) in [6.07, 6.45) is 7.20. The van der Waals surface area contributed by atoms with Crippen LogP contribution in [0.3, 0.4) is 0 Å². The van der Waals surface area contributed by atoms with Gasteiger partial charge in [0.1, 0.15) is 31.0 Å². The number of aliphatic hydroxyl groups excluding tert-OH is 1. The number of halogens is 2. The summed E-state index contributed by atoms with van der Waals surface area (Å²) < 4.78 is 15.0. The van der Waals surface area contributed by atoms with Crippen molar-refractivity contribution in [3.05, 3.63) is 119 Å². The first-order chi connectivity index (χ1) is 31.7. The number of H-pyrrole nitrogens is 1. The molecule has 0 saturated heterocycles. The Morgan fingerprint density at radius 2 is 1.62 bits per heavy atom. The lowest BCUT2D eigenvalue weighted by atomic mass is 9.80. The molecule has 2 aliphatic rings. The van der Waals surface area contributed by atoms with Crippen LogP contribution >= 0.6 is 11.6 Å². The lowest BCUT2D eigenvalue weighted by Gasteiger charge is -2.34. The van der Waals surface area contributed by atoms with Gasteiger partial charge in [-0.25, -0.2) is 14.2 Å². The lowest BCUT2D eigenvalue weighted by Crippen LogP contribution is -2.57. The third-order valence-corrected chi connectivity index (χ3v) is 12.8. The second kappa shape index (κ2) is 23.9. The molecule has 6 rings (SSSR count). The third kappa shape index (κ3) is 13.9. The summed E-state index contributed by atoms with van der Waals surface area (Å²) in [5.41, 5.74) is 2.57. The number of aliphatic hydroxyl groups is 1. The summed E-state index contributed by atoms with van der Waals surface area (Å²) in [6, 6.07) is 16.9. The maximum atomic E-state index is 15.0. The van der Waals surface area contributed by atoms with Crippen LogP contribution in [0.4, 0.5) is 14.9 Å². The van der Waals surface area contributed by atoms with E-state index in [0.29, 0.717) is 41.2 Å². The van der Waals surface area contributed by atoms with Crippen molar-refractivity contribution in [1.82, 2.24) is 31.2 Å². The Hall–Kier alpha value is -6.13. The van der Waals surface area contributed by atoms with E-state index >= 15 is 0 Å². The normalized spacial score (nSPS) is 16.5. The Morgan fingerprint density at radius 3 is 2.32 bits per heavy atom. The van der Waals surface area contributed by atoms with Crippen molar-refractivity contribution < 1.29 is 38.6 Å². The van der Waals surface area contributed by atoms with E-state index in [1.807, 2.05) is 19.9 Å². The van der Waals surface area contributed by atoms with E-state index in [-0.39, 0.29) is 61.5 Å². The van der Waals surface area contributed by atoms with E-state index < -0.39 is 59.8 Å². The number of imidazole rings is 1. The molecule has 0 bridgehead atoms. The lowest BCUT2D eigenvalue weighted by molar-refractivity contribution is -0.131. The van der Waals surface area contributed by atoms with Crippen LogP contribution in [0.15, 0.2) is 90.3 Å². The number of fused-ring (bicyclic) bond motifs is 1. The Morgan fingerprint density at radius 1 is 0.909 bits per heavy atom. The van der Waals surface area contributed by atoms with Crippen LogP contribution in [0.1, 0.15) is 87.6 Å². The molecule has 5 atom stereocenters. The van der Waals surface area contributed by atoms with Gasteiger partial charge in [0.25, 0.3) is 0 Å². The van der Waals surface area contributed by atoms with E-state index in [1.165, 1.54) is 17.3 Å². The minimum absolute atomic E-state index is 0.0331. The number of aromatic nitrogens is 2. The Bertz CT molecular complexity index is 2310. The predicted molar refractivity (Wildman–Crippen MR) is 250 cm³/mol. The van der Waals surface area contributed by atoms with Gasteiger partial charge in [0.2, 0.25) is 23.6 Å². The van der Waals surface area contributed by atoms with Crippen LogP contribution in [-0.4, -0.2) is 99.5 Å². The van der Waals surface area contributed by atoms with Gasteiger partial charge in [0.05, 0.1) is 29.9 Å². The fourth-order valence-electron chi connectivity index (χ4n) is 8.92. The number of carbonyl (C=O) groups excluding carboxylic acids is 4. The molecule has 1 aromatic heterocycles. The van der Waals surface area contributed by atoms with Gasteiger partial charge in [-0.1, -0.05) is 100 Å². The maximum Gasteiger partial charge on any atom is 0.405 e. The number of rotatable bonds is 21. The molecule has 2 heterocycles. The number of aliphatic imine (C=N–C) groups is 1. The summed E-state index contributed by atoms with van der Waals surface area (Å²) in [5.74, 6) is -2.32.